The molecular formula is C16H15BrN2S. The minimum Gasteiger partial charge on any atom is -0.304 e. The van der Waals surface area contributed by atoms with Crippen molar-refractivity contribution in [2.75, 3.05) is 0 Å². The molecule has 1 atom stereocenters. The Morgan fingerprint density at radius 1 is 1.15 bits per heavy atom. The zero-order valence-electron chi connectivity index (χ0n) is 11.1. The molecule has 3 aromatic rings. The Morgan fingerprint density at radius 3 is 2.70 bits per heavy atom. The van der Waals surface area contributed by atoms with Crippen LogP contribution in [0.4, 0.5) is 0 Å². The summed E-state index contributed by atoms with van der Waals surface area (Å²) in [7, 11) is 0. The average Bonchev–Trinajstić information content (AvgIpc) is 2.88. The van der Waals surface area contributed by atoms with E-state index in [0.29, 0.717) is 0 Å². The molecule has 0 amide bonds. The van der Waals surface area contributed by atoms with Gasteiger partial charge in [0.2, 0.25) is 0 Å². The predicted octanol–water partition coefficient (Wildman–Crippen LogP) is 4.91. The highest BCUT2D eigenvalue weighted by Gasteiger charge is 2.09. The number of rotatable bonds is 4. The molecule has 0 saturated carbocycles. The number of thiazole rings is 1. The Morgan fingerprint density at radius 2 is 1.90 bits per heavy atom. The number of hydrogen-bond acceptors (Lipinski definition) is 3. The third-order valence-electron chi connectivity index (χ3n) is 3.27. The van der Waals surface area contributed by atoms with E-state index < -0.39 is 0 Å². The Hall–Kier alpha value is -1.23. The van der Waals surface area contributed by atoms with Gasteiger partial charge in [-0.3, -0.25) is 0 Å². The van der Waals surface area contributed by atoms with Gasteiger partial charge in [-0.2, -0.15) is 0 Å². The Labute approximate surface area is 131 Å². The van der Waals surface area contributed by atoms with Crippen molar-refractivity contribution in [3.8, 4) is 0 Å². The van der Waals surface area contributed by atoms with E-state index in [1.807, 2.05) is 12.1 Å². The summed E-state index contributed by atoms with van der Waals surface area (Å²) >= 11 is 5.35. The number of hydrogen-bond donors (Lipinski definition) is 1. The van der Waals surface area contributed by atoms with E-state index in [2.05, 4.69) is 69.6 Å². The molecule has 1 N–H and O–H groups in total. The lowest BCUT2D eigenvalue weighted by Gasteiger charge is -2.14. The number of benzene rings is 2. The average molecular weight is 347 g/mol. The zero-order valence-corrected chi connectivity index (χ0v) is 13.5. The number of para-hydroxylation sites is 1. The zero-order chi connectivity index (χ0) is 13.9. The van der Waals surface area contributed by atoms with E-state index in [1.54, 1.807) is 11.3 Å². The molecule has 20 heavy (non-hydrogen) atoms. The van der Waals surface area contributed by atoms with Gasteiger partial charge in [-0.1, -0.05) is 46.3 Å². The Balaban J connectivity index is 1.71. The first kappa shape index (κ1) is 13.7. The van der Waals surface area contributed by atoms with Gasteiger partial charge in [0.15, 0.2) is 0 Å². The highest BCUT2D eigenvalue weighted by atomic mass is 79.9. The maximum Gasteiger partial charge on any atom is 0.108 e. The molecule has 2 nitrogen and oxygen atoms in total. The van der Waals surface area contributed by atoms with Crippen LogP contribution in [-0.4, -0.2) is 4.98 Å². The maximum atomic E-state index is 4.65. The predicted molar refractivity (Wildman–Crippen MR) is 89.0 cm³/mol. The third kappa shape index (κ3) is 2.92. The SMILES string of the molecule is C[C@@H](NCc1nc2ccccc2s1)c1ccccc1Br. The minimum absolute atomic E-state index is 0.289. The van der Waals surface area contributed by atoms with Crippen molar-refractivity contribution in [1.29, 1.82) is 0 Å². The van der Waals surface area contributed by atoms with E-state index in [0.717, 1.165) is 21.5 Å². The number of fused-ring (bicyclic) bond motifs is 1. The van der Waals surface area contributed by atoms with Gasteiger partial charge >= 0.3 is 0 Å². The van der Waals surface area contributed by atoms with Gasteiger partial charge in [0.1, 0.15) is 5.01 Å². The van der Waals surface area contributed by atoms with Gasteiger partial charge in [0.05, 0.1) is 10.2 Å². The lowest BCUT2D eigenvalue weighted by Crippen LogP contribution is -2.18. The highest BCUT2D eigenvalue weighted by Crippen LogP contribution is 2.25. The van der Waals surface area contributed by atoms with E-state index in [1.165, 1.54) is 10.3 Å². The van der Waals surface area contributed by atoms with Crippen LogP contribution in [0.2, 0.25) is 0 Å². The summed E-state index contributed by atoms with van der Waals surface area (Å²) in [6.07, 6.45) is 0. The molecule has 2 aromatic carbocycles. The Kier molecular flexibility index (Phi) is 4.15. The first-order chi connectivity index (χ1) is 9.74. The van der Waals surface area contributed by atoms with Crippen LogP contribution in [0.5, 0.6) is 0 Å². The molecule has 0 saturated heterocycles. The smallest absolute Gasteiger partial charge is 0.108 e. The molecule has 0 spiro atoms. The Bertz CT molecular complexity index is 690. The van der Waals surface area contributed by atoms with Gasteiger partial charge < -0.3 is 5.32 Å². The fourth-order valence-corrected chi connectivity index (χ4v) is 3.72. The van der Waals surface area contributed by atoms with Crippen LogP contribution in [0.25, 0.3) is 10.2 Å². The van der Waals surface area contributed by atoms with Gasteiger partial charge in [-0.25, -0.2) is 4.98 Å². The molecule has 0 bridgehead atoms. The van der Waals surface area contributed by atoms with Crippen LogP contribution in [0.3, 0.4) is 0 Å². The molecule has 0 aliphatic heterocycles. The minimum atomic E-state index is 0.289. The molecule has 1 heterocycles. The fraction of sp³-hybridized carbons (Fsp3) is 0.188. The van der Waals surface area contributed by atoms with E-state index >= 15 is 0 Å². The molecule has 0 radical (unpaired) electrons. The molecule has 1 aromatic heterocycles. The molecule has 102 valence electrons. The van der Waals surface area contributed by atoms with Gasteiger partial charge in [0.25, 0.3) is 0 Å². The molecule has 3 rings (SSSR count). The summed E-state index contributed by atoms with van der Waals surface area (Å²) in [6, 6.07) is 16.9. The van der Waals surface area contributed by atoms with Crippen LogP contribution in [0, 0.1) is 0 Å². The van der Waals surface area contributed by atoms with Crippen molar-refractivity contribution in [2.24, 2.45) is 0 Å². The molecule has 0 unspecified atom stereocenters. The lowest BCUT2D eigenvalue weighted by molar-refractivity contribution is 0.572. The largest absolute Gasteiger partial charge is 0.304 e. The maximum absolute atomic E-state index is 4.65. The third-order valence-corrected chi connectivity index (χ3v) is 5.03. The second-order valence-corrected chi connectivity index (χ2v) is 6.67. The number of nitrogens with zero attached hydrogens (tertiary/aromatic N) is 1. The first-order valence-electron chi connectivity index (χ1n) is 6.56. The van der Waals surface area contributed by atoms with Crippen molar-refractivity contribution in [2.45, 2.75) is 19.5 Å². The monoisotopic (exact) mass is 346 g/mol. The summed E-state index contributed by atoms with van der Waals surface area (Å²) in [5, 5.41) is 4.66. The molecule has 0 aliphatic rings. The second kappa shape index (κ2) is 6.04. The van der Waals surface area contributed by atoms with E-state index in [4.69, 9.17) is 0 Å². The lowest BCUT2D eigenvalue weighted by atomic mass is 10.1. The number of halogens is 1. The van der Waals surface area contributed by atoms with Crippen LogP contribution < -0.4 is 5.32 Å². The van der Waals surface area contributed by atoms with Gasteiger partial charge in [0, 0.05) is 17.1 Å². The van der Waals surface area contributed by atoms with Crippen molar-refractivity contribution < 1.29 is 0 Å². The van der Waals surface area contributed by atoms with Crippen LogP contribution in [-0.2, 0) is 6.54 Å². The summed E-state index contributed by atoms with van der Waals surface area (Å²) in [4.78, 5) is 4.65. The van der Waals surface area contributed by atoms with E-state index in [9.17, 15) is 0 Å². The topological polar surface area (TPSA) is 24.9 Å². The van der Waals surface area contributed by atoms with Crippen molar-refractivity contribution in [1.82, 2.24) is 10.3 Å². The number of aromatic nitrogens is 1. The van der Waals surface area contributed by atoms with Gasteiger partial charge in [-0.15, -0.1) is 11.3 Å². The fourth-order valence-electron chi connectivity index (χ4n) is 2.17. The summed E-state index contributed by atoms with van der Waals surface area (Å²) in [6.45, 7) is 2.97. The van der Waals surface area contributed by atoms with Crippen molar-refractivity contribution in [3.05, 3.63) is 63.6 Å². The van der Waals surface area contributed by atoms with Crippen LogP contribution in [0.15, 0.2) is 53.0 Å². The molecule has 4 heteroatoms. The highest BCUT2D eigenvalue weighted by molar-refractivity contribution is 9.10. The van der Waals surface area contributed by atoms with Crippen LogP contribution in [0.1, 0.15) is 23.5 Å². The summed E-state index contributed by atoms with van der Waals surface area (Å²) in [5.41, 5.74) is 2.36. The van der Waals surface area contributed by atoms with Gasteiger partial charge in [-0.05, 0) is 30.7 Å². The molecule has 0 aliphatic carbocycles. The molecule has 0 fully saturated rings. The summed E-state index contributed by atoms with van der Waals surface area (Å²) < 4.78 is 2.39. The van der Waals surface area contributed by atoms with Crippen molar-refractivity contribution >= 4 is 37.5 Å². The summed E-state index contributed by atoms with van der Waals surface area (Å²) in [5.74, 6) is 0. The second-order valence-electron chi connectivity index (χ2n) is 4.70. The normalized spacial score (nSPS) is 12.7. The quantitative estimate of drug-likeness (QED) is 0.725. The number of nitrogens with one attached hydrogen (secondary N) is 1. The standard InChI is InChI=1S/C16H15BrN2S/c1-11(12-6-2-3-7-13(12)17)18-10-16-19-14-8-4-5-9-15(14)20-16/h2-9,11,18H,10H2,1H3/t11-/m1/s1. The van der Waals surface area contributed by atoms with Crippen molar-refractivity contribution in [3.63, 3.8) is 0 Å². The van der Waals surface area contributed by atoms with Crippen LogP contribution >= 0.6 is 27.3 Å². The molecular weight excluding hydrogens is 332 g/mol. The first-order valence-corrected chi connectivity index (χ1v) is 8.17. The van der Waals surface area contributed by atoms with E-state index in [-0.39, 0.29) is 6.04 Å².